The standard InChI is InChI=1S/C9H20N2O2/c1-7(10)8(11)5-3-2-4-6-9(12)13/h7-8H,2-6,10-11H2,1H3,(H,12,13). The fraction of sp³-hybridized carbons (Fsp3) is 0.889. The van der Waals surface area contributed by atoms with Crippen molar-refractivity contribution >= 4 is 5.97 Å². The van der Waals surface area contributed by atoms with Gasteiger partial charge in [-0.25, -0.2) is 0 Å². The van der Waals surface area contributed by atoms with E-state index in [1.807, 2.05) is 6.92 Å². The van der Waals surface area contributed by atoms with E-state index in [1.165, 1.54) is 0 Å². The molecular weight excluding hydrogens is 168 g/mol. The van der Waals surface area contributed by atoms with Crippen LogP contribution >= 0.6 is 0 Å². The molecule has 0 aliphatic rings. The van der Waals surface area contributed by atoms with Gasteiger partial charge in [0.1, 0.15) is 0 Å². The molecule has 0 aromatic heterocycles. The largest absolute Gasteiger partial charge is 0.481 e. The fourth-order valence-corrected chi connectivity index (χ4v) is 1.10. The minimum Gasteiger partial charge on any atom is -0.481 e. The van der Waals surface area contributed by atoms with Crippen molar-refractivity contribution in [1.82, 2.24) is 0 Å². The highest BCUT2D eigenvalue weighted by molar-refractivity contribution is 5.66. The van der Waals surface area contributed by atoms with Gasteiger partial charge in [0.15, 0.2) is 0 Å². The second-order valence-electron chi connectivity index (χ2n) is 3.52. The van der Waals surface area contributed by atoms with Crippen LogP contribution in [0.25, 0.3) is 0 Å². The van der Waals surface area contributed by atoms with Crippen LogP contribution in [-0.2, 0) is 4.79 Å². The van der Waals surface area contributed by atoms with Crippen molar-refractivity contribution in [3.63, 3.8) is 0 Å². The van der Waals surface area contributed by atoms with Crippen molar-refractivity contribution in [3.8, 4) is 0 Å². The summed E-state index contributed by atoms with van der Waals surface area (Å²) in [4.78, 5) is 10.2. The Morgan fingerprint density at radius 3 is 2.38 bits per heavy atom. The molecule has 0 heterocycles. The van der Waals surface area contributed by atoms with Crippen molar-refractivity contribution in [3.05, 3.63) is 0 Å². The van der Waals surface area contributed by atoms with Gasteiger partial charge in [-0.05, 0) is 19.8 Å². The highest BCUT2D eigenvalue weighted by Gasteiger charge is 2.06. The molecule has 13 heavy (non-hydrogen) atoms. The lowest BCUT2D eigenvalue weighted by atomic mass is 10.0. The van der Waals surface area contributed by atoms with Gasteiger partial charge in [0.05, 0.1) is 0 Å². The Balaban J connectivity index is 3.21. The molecule has 0 aliphatic carbocycles. The van der Waals surface area contributed by atoms with Gasteiger partial charge in [-0.1, -0.05) is 12.8 Å². The van der Waals surface area contributed by atoms with Crippen LogP contribution in [0.5, 0.6) is 0 Å². The van der Waals surface area contributed by atoms with Gasteiger partial charge in [-0.2, -0.15) is 0 Å². The third kappa shape index (κ3) is 7.74. The number of hydrogen-bond acceptors (Lipinski definition) is 3. The summed E-state index contributed by atoms with van der Waals surface area (Å²) in [6.07, 6.45) is 3.77. The molecule has 0 aromatic carbocycles. The van der Waals surface area contributed by atoms with Crippen molar-refractivity contribution < 1.29 is 9.90 Å². The molecule has 0 saturated carbocycles. The molecular formula is C9H20N2O2. The van der Waals surface area contributed by atoms with E-state index < -0.39 is 5.97 Å². The molecule has 4 nitrogen and oxygen atoms in total. The zero-order chi connectivity index (χ0) is 10.3. The minimum atomic E-state index is -0.725. The van der Waals surface area contributed by atoms with E-state index in [9.17, 15) is 4.79 Å². The average molecular weight is 188 g/mol. The molecule has 0 amide bonds. The fourth-order valence-electron chi connectivity index (χ4n) is 1.10. The summed E-state index contributed by atoms with van der Waals surface area (Å²) in [6, 6.07) is 0.0734. The lowest BCUT2D eigenvalue weighted by Gasteiger charge is -2.14. The highest BCUT2D eigenvalue weighted by Crippen LogP contribution is 2.05. The normalized spacial score (nSPS) is 15.3. The van der Waals surface area contributed by atoms with E-state index >= 15 is 0 Å². The maximum atomic E-state index is 10.2. The number of rotatable bonds is 7. The first-order valence-electron chi connectivity index (χ1n) is 4.77. The van der Waals surface area contributed by atoms with E-state index in [2.05, 4.69) is 0 Å². The van der Waals surface area contributed by atoms with E-state index in [-0.39, 0.29) is 18.5 Å². The molecule has 0 radical (unpaired) electrons. The number of unbranched alkanes of at least 4 members (excludes halogenated alkanes) is 2. The molecule has 5 N–H and O–H groups in total. The van der Waals surface area contributed by atoms with E-state index in [1.54, 1.807) is 0 Å². The number of aliphatic carboxylic acids is 1. The molecule has 0 fully saturated rings. The van der Waals surface area contributed by atoms with Crippen LogP contribution < -0.4 is 11.5 Å². The molecule has 0 spiro atoms. The Hall–Kier alpha value is -0.610. The molecule has 0 saturated heterocycles. The Morgan fingerprint density at radius 1 is 1.31 bits per heavy atom. The maximum Gasteiger partial charge on any atom is 0.303 e. The zero-order valence-corrected chi connectivity index (χ0v) is 8.20. The molecule has 0 aromatic rings. The predicted octanol–water partition coefficient (Wildman–Crippen LogP) is 0.696. The Bertz CT molecular complexity index is 149. The van der Waals surface area contributed by atoms with Crippen LogP contribution in [0.1, 0.15) is 39.0 Å². The first kappa shape index (κ1) is 12.4. The first-order chi connectivity index (χ1) is 6.04. The number of carbonyl (C=O) groups is 1. The van der Waals surface area contributed by atoms with Crippen LogP contribution in [0.3, 0.4) is 0 Å². The molecule has 0 rings (SSSR count). The summed E-state index contributed by atoms with van der Waals surface area (Å²) in [5.74, 6) is -0.725. The van der Waals surface area contributed by atoms with Crippen molar-refractivity contribution in [2.75, 3.05) is 0 Å². The SMILES string of the molecule is CC(N)C(N)CCCCCC(=O)O. The van der Waals surface area contributed by atoms with E-state index in [4.69, 9.17) is 16.6 Å². The lowest BCUT2D eigenvalue weighted by molar-refractivity contribution is -0.137. The summed E-state index contributed by atoms with van der Waals surface area (Å²) in [5, 5.41) is 8.37. The smallest absolute Gasteiger partial charge is 0.303 e. The topological polar surface area (TPSA) is 89.3 Å². The van der Waals surface area contributed by atoms with Gasteiger partial charge >= 0.3 is 5.97 Å². The Morgan fingerprint density at radius 2 is 1.92 bits per heavy atom. The Labute approximate surface area is 79.3 Å². The van der Waals surface area contributed by atoms with Crippen molar-refractivity contribution in [1.29, 1.82) is 0 Å². The van der Waals surface area contributed by atoms with Gasteiger partial charge in [-0.15, -0.1) is 0 Å². The second kappa shape index (κ2) is 6.86. The lowest BCUT2D eigenvalue weighted by Crippen LogP contribution is -2.38. The molecule has 2 atom stereocenters. The summed E-state index contributed by atoms with van der Waals surface area (Å²) in [5.41, 5.74) is 11.3. The van der Waals surface area contributed by atoms with Gasteiger partial charge in [-0.3, -0.25) is 4.79 Å². The van der Waals surface area contributed by atoms with Crippen LogP contribution in [0, 0.1) is 0 Å². The number of hydrogen-bond donors (Lipinski definition) is 3. The van der Waals surface area contributed by atoms with Crippen LogP contribution in [-0.4, -0.2) is 23.2 Å². The third-order valence-electron chi connectivity index (χ3n) is 2.10. The summed E-state index contributed by atoms with van der Waals surface area (Å²) < 4.78 is 0. The van der Waals surface area contributed by atoms with E-state index in [0.717, 1.165) is 25.7 Å². The van der Waals surface area contributed by atoms with Gasteiger partial charge < -0.3 is 16.6 Å². The van der Waals surface area contributed by atoms with Crippen molar-refractivity contribution in [2.24, 2.45) is 11.5 Å². The highest BCUT2D eigenvalue weighted by atomic mass is 16.4. The minimum absolute atomic E-state index is 0.0273. The van der Waals surface area contributed by atoms with Crippen LogP contribution in [0.2, 0.25) is 0 Å². The quantitative estimate of drug-likeness (QED) is 0.513. The molecule has 2 unspecified atom stereocenters. The van der Waals surface area contributed by atoms with Gasteiger partial charge in [0.25, 0.3) is 0 Å². The van der Waals surface area contributed by atoms with Crippen molar-refractivity contribution in [2.45, 2.75) is 51.1 Å². The van der Waals surface area contributed by atoms with Gasteiger partial charge in [0, 0.05) is 18.5 Å². The third-order valence-corrected chi connectivity index (χ3v) is 2.10. The number of nitrogens with two attached hydrogens (primary N) is 2. The summed E-state index contributed by atoms with van der Waals surface area (Å²) >= 11 is 0. The molecule has 78 valence electrons. The Kier molecular flexibility index (Phi) is 6.54. The van der Waals surface area contributed by atoms with Crippen LogP contribution in [0.4, 0.5) is 0 Å². The summed E-state index contributed by atoms with van der Waals surface area (Å²) in [6.45, 7) is 1.89. The zero-order valence-electron chi connectivity index (χ0n) is 8.20. The molecule has 0 aliphatic heterocycles. The van der Waals surface area contributed by atoms with E-state index in [0.29, 0.717) is 0 Å². The maximum absolute atomic E-state index is 10.2. The first-order valence-corrected chi connectivity index (χ1v) is 4.77. The molecule has 0 bridgehead atoms. The van der Waals surface area contributed by atoms with Gasteiger partial charge in [0.2, 0.25) is 0 Å². The van der Waals surface area contributed by atoms with Crippen LogP contribution in [0.15, 0.2) is 0 Å². The number of carboxylic acid groups (broad SMARTS) is 1. The average Bonchev–Trinajstić information content (AvgIpc) is 2.02. The monoisotopic (exact) mass is 188 g/mol. The predicted molar refractivity (Wildman–Crippen MR) is 52.3 cm³/mol. The second-order valence-corrected chi connectivity index (χ2v) is 3.52. The summed E-state index contributed by atoms with van der Waals surface area (Å²) in [7, 11) is 0. The molecule has 4 heteroatoms. The number of carboxylic acids is 1.